The van der Waals surface area contributed by atoms with Gasteiger partial charge in [-0.2, -0.15) is 0 Å². The van der Waals surface area contributed by atoms with Crippen molar-refractivity contribution < 1.29 is 0 Å². The third-order valence-electron chi connectivity index (χ3n) is 6.60. The van der Waals surface area contributed by atoms with Crippen LogP contribution in [0.1, 0.15) is 0 Å². The van der Waals surface area contributed by atoms with Crippen LogP contribution in [0, 0.1) is 0 Å². The summed E-state index contributed by atoms with van der Waals surface area (Å²) in [5.41, 5.74) is 7.00. The first-order valence-corrected chi connectivity index (χ1v) is 11.5. The third-order valence-corrected chi connectivity index (χ3v) is 6.60. The van der Waals surface area contributed by atoms with Crippen molar-refractivity contribution in [2.24, 2.45) is 0 Å². The molecule has 34 heavy (non-hydrogen) atoms. The van der Waals surface area contributed by atoms with Gasteiger partial charge in [0.1, 0.15) is 5.82 Å². The maximum absolute atomic E-state index is 4.81. The summed E-state index contributed by atoms with van der Waals surface area (Å²) in [6, 6.07) is 40.6. The molecule has 0 fully saturated rings. The van der Waals surface area contributed by atoms with Gasteiger partial charge in [-0.05, 0) is 59.7 Å². The lowest BCUT2D eigenvalue weighted by Crippen LogP contribution is -1.98. The first kappa shape index (κ1) is 18.9. The van der Waals surface area contributed by atoms with E-state index in [0.29, 0.717) is 0 Å². The molecule has 0 atom stereocenters. The van der Waals surface area contributed by atoms with E-state index in [1.807, 2.05) is 12.3 Å². The molecule has 0 saturated heterocycles. The van der Waals surface area contributed by atoms with Crippen LogP contribution < -0.4 is 0 Å². The van der Waals surface area contributed by atoms with E-state index in [4.69, 9.17) is 4.98 Å². The van der Waals surface area contributed by atoms with Gasteiger partial charge in [-0.3, -0.25) is 4.57 Å². The highest BCUT2D eigenvalue weighted by atomic mass is 15.1. The number of fused-ring (bicyclic) bond motifs is 4. The van der Waals surface area contributed by atoms with Gasteiger partial charge in [0.25, 0.3) is 0 Å². The number of pyridine rings is 1. The predicted octanol–water partition coefficient (Wildman–Crippen LogP) is 7.79. The molecule has 0 radical (unpaired) electrons. The monoisotopic (exact) mass is 435 g/mol. The predicted molar refractivity (Wildman–Crippen MR) is 141 cm³/mol. The average Bonchev–Trinajstić information content (AvgIpc) is 3.47. The highest BCUT2D eigenvalue weighted by Crippen LogP contribution is 2.36. The number of hydrogen-bond donors (Lipinski definition) is 0. The largest absolute Gasteiger partial charge is 0.316 e. The molecule has 0 aliphatic rings. The summed E-state index contributed by atoms with van der Waals surface area (Å²) in [5, 5.41) is 3.70. The lowest BCUT2D eigenvalue weighted by Gasteiger charge is -2.10. The van der Waals surface area contributed by atoms with Crippen LogP contribution >= 0.6 is 0 Å². The Labute approximate surface area is 197 Å². The summed E-state index contributed by atoms with van der Waals surface area (Å²) >= 11 is 0. The summed E-state index contributed by atoms with van der Waals surface area (Å²) in [6.45, 7) is 0. The molecule has 4 aromatic carbocycles. The smallest absolute Gasteiger partial charge is 0.138 e. The molecule has 0 aliphatic heterocycles. The van der Waals surface area contributed by atoms with E-state index in [2.05, 4.69) is 125 Å². The zero-order valence-corrected chi connectivity index (χ0v) is 18.5. The van der Waals surface area contributed by atoms with E-state index in [-0.39, 0.29) is 0 Å². The van der Waals surface area contributed by atoms with Crippen molar-refractivity contribution in [2.75, 3.05) is 0 Å². The molecule has 0 saturated carbocycles. The van der Waals surface area contributed by atoms with Gasteiger partial charge in [-0.25, -0.2) is 4.98 Å². The van der Waals surface area contributed by atoms with Crippen LogP contribution in [0.3, 0.4) is 0 Å². The fraction of sp³-hybridized carbons (Fsp3) is 0. The molecular formula is C31H21N3. The Hall–Kier alpha value is -4.63. The van der Waals surface area contributed by atoms with Gasteiger partial charge in [0.15, 0.2) is 0 Å². The number of benzene rings is 4. The number of hydrogen-bond acceptors (Lipinski definition) is 1. The molecule has 160 valence electrons. The van der Waals surface area contributed by atoms with Gasteiger partial charge in [0, 0.05) is 34.2 Å². The Morgan fingerprint density at radius 3 is 2.15 bits per heavy atom. The van der Waals surface area contributed by atoms with Crippen molar-refractivity contribution in [3.05, 3.63) is 128 Å². The van der Waals surface area contributed by atoms with Gasteiger partial charge in [0.05, 0.1) is 16.6 Å². The molecule has 0 spiro atoms. The van der Waals surface area contributed by atoms with Crippen molar-refractivity contribution in [1.82, 2.24) is 14.1 Å². The highest BCUT2D eigenvalue weighted by Gasteiger charge is 2.16. The zero-order chi connectivity index (χ0) is 22.5. The van der Waals surface area contributed by atoms with Crippen LogP contribution in [0.5, 0.6) is 0 Å². The van der Waals surface area contributed by atoms with Crippen LogP contribution in [0.25, 0.3) is 55.3 Å². The molecule has 3 heterocycles. The molecule has 3 nitrogen and oxygen atoms in total. The van der Waals surface area contributed by atoms with Gasteiger partial charge in [0.2, 0.25) is 0 Å². The number of nitrogens with zero attached hydrogens (tertiary/aromatic N) is 3. The standard InChI is InChI=1S/C31H21N3/c1-3-9-22(10-4-1)23-15-17-32-31(20-23)34-28-14-8-7-13-26(28)27-19-24-16-18-33(29(24)21-30(27)34)25-11-5-2-6-12-25/h1-21H. The van der Waals surface area contributed by atoms with E-state index < -0.39 is 0 Å². The van der Waals surface area contributed by atoms with E-state index in [9.17, 15) is 0 Å². The van der Waals surface area contributed by atoms with Crippen molar-refractivity contribution in [1.29, 1.82) is 0 Å². The van der Waals surface area contributed by atoms with Gasteiger partial charge < -0.3 is 4.57 Å². The molecule has 0 aliphatic carbocycles. The lowest BCUT2D eigenvalue weighted by molar-refractivity contribution is 1.08. The third kappa shape index (κ3) is 2.87. The summed E-state index contributed by atoms with van der Waals surface area (Å²) in [5.74, 6) is 0.921. The van der Waals surface area contributed by atoms with E-state index in [0.717, 1.165) is 28.1 Å². The Morgan fingerprint density at radius 2 is 1.29 bits per heavy atom. The van der Waals surface area contributed by atoms with Crippen LogP contribution in [0.2, 0.25) is 0 Å². The summed E-state index contributed by atoms with van der Waals surface area (Å²) in [4.78, 5) is 4.81. The van der Waals surface area contributed by atoms with Crippen LogP contribution in [-0.2, 0) is 0 Å². The molecule has 3 heteroatoms. The number of para-hydroxylation sites is 2. The van der Waals surface area contributed by atoms with Crippen molar-refractivity contribution >= 4 is 32.7 Å². The Kier molecular flexibility index (Phi) is 4.15. The molecule has 7 rings (SSSR count). The van der Waals surface area contributed by atoms with E-state index in [1.165, 1.54) is 27.2 Å². The van der Waals surface area contributed by atoms with Crippen molar-refractivity contribution in [3.63, 3.8) is 0 Å². The average molecular weight is 436 g/mol. The van der Waals surface area contributed by atoms with Gasteiger partial charge in [-0.15, -0.1) is 0 Å². The second-order valence-corrected chi connectivity index (χ2v) is 8.57. The van der Waals surface area contributed by atoms with Crippen LogP contribution in [-0.4, -0.2) is 14.1 Å². The topological polar surface area (TPSA) is 22.8 Å². The fourth-order valence-corrected chi connectivity index (χ4v) is 5.01. The quantitative estimate of drug-likeness (QED) is 0.278. The van der Waals surface area contributed by atoms with Crippen LogP contribution in [0.4, 0.5) is 0 Å². The molecular weight excluding hydrogens is 414 g/mol. The first-order valence-electron chi connectivity index (χ1n) is 11.5. The Morgan fingerprint density at radius 1 is 0.529 bits per heavy atom. The summed E-state index contributed by atoms with van der Waals surface area (Å²) < 4.78 is 4.55. The van der Waals surface area contributed by atoms with Crippen LogP contribution in [0.15, 0.2) is 128 Å². The zero-order valence-electron chi connectivity index (χ0n) is 18.5. The molecule has 0 unspecified atom stereocenters. The second kappa shape index (κ2) is 7.46. The van der Waals surface area contributed by atoms with E-state index in [1.54, 1.807) is 0 Å². The maximum Gasteiger partial charge on any atom is 0.138 e. The minimum Gasteiger partial charge on any atom is -0.316 e. The molecule has 7 aromatic rings. The molecule has 0 N–H and O–H groups in total. The summed E-state index contributed by atoms with van der Waals surface area (Å²) in [6.07, 6.45) is 4.06. The molecule has 0 amide bonds. The minimum atomic E-state index is 0.921. The Bertz CT molecular complexity index is 1790. The Balaban J connectivity index is 1.54. The van der Waals surface area contributed by atoms with E-state index >= 15 is 0 Å². The molecule has 3 aromatic heterocycles. The van der Waals surface area contributed by atoms with Gasteiger partial charge in [-0.1, -0.05) is 66.7 Å². The number of rotatable bonds is 3. The maximum atomic E-state index is 4.81. The van der Waals surface area contributed by atoms with Crippen molar-refractivity contribution in [3.8, 4) is 22.6 Å². The summed E-state index contributed by atoms with van der Waals surface area (Å²) in [7, 11) is 0. The number of aromatic nitrogens is 3. The normalized spacial score (nSPS) is 11.5. The second-order valence-electron chi connectivity index (χ2n) is 8.57. The van der Waals surface area contributed by atoms with Gasteiger partial charge >= 0.3 is 0 Å². The first-order chi connectivity index (χ1) is 16.9. The minimum absolute atomic E-state index is 0.921. The lowest BCUT2D eigenvalue weighted by atomic mass is 10.1. The van der Waals surface area contributed by atoms with Crippen molar-refractivity contribution in [2.45, 2.75) is 0 Å². The SMILES string of the molecule is c1ccc(-c2ccnc(-n3c4ccccc4c4cc5ccn(-c6ccccc6)c5cc43)c2)cc1. The molecule has 0 bridgehead atoms. The highest BCUT2D eigenvalue weighted by molar-refractivity contribution is 6.13. The fourth-order valence-electron chi connectivity index (χ4n) is 5.01.